The molecule has 0 bridgehead atoms. The highest BCUT2D eigenvalue weighted by Crippen LogP contribution is 2.34. The standard InChI is InChI=1S/C14H12FN3O4S2/c15-11-7-16-14(23-11)17-13(19)12(18-20)8-1-3-9(4-2-8)24(21,22)10-5-6-10/h1-4,7,10,12H,5-6H2,(H,16,17,19). The molecule has 1 unspecified atom stereocenters. The minimum absolute atomic E-state index is 0.0130. The molecule has 126 valence electrons. The molecule has 1 atom stereocenters. The Morgan fingerprint density at radius 2 is 2.00 bits per heavy atom. The topological polar surface area (TPSA) is 106 Å². The molecule has 1 aromatic carbocycles. The van der Waals surface area contributed by atoms with Gasteiger partial charge in [0, 0.05) is 0 Å². The van der Waals surface area contributed by atoms with E-state index in [4.69, 9.17) is 0 Å². The second-order valence-electron chi connectivity index (χ2n) is 5.28. The first-order valence-electron chi connectivity index (χ1n) is 7.00. The number of halogens is 1. The zero-order valence-corrected chi connectivity index (χ0v) is 13.8. The number of hydrogen-bond acceptors (Lipinski definition) is 7. The third-order valence-electron chi connectivity index (χ3n) is 3.55. The van der Waals surface area contributed by atoms with Crippen LogP contribution >= 0.6 is 11.3 Å². The average molecular weight is 369 g/mol. The molecule has 10 heteroatoms. The van der Waals surface area contributed by atoms with Gasteiger partial charge < -0.3 is 0 Å². The highest BCUT2D eigenvalue weighted by Gasteiger charge is 2.37. The lowest BCUT2D eigenvalue weighted by molar-refractivity contribution is -0.117. The number of rotatable bonds is 6. The van der Waals surface area contributed by atoms with E-state index in [9.17, 15) is 22.5 Å². The highest BCUT2D eigenvalue weighted by molar-refractivity contribution is 7.92. The van der Waals surface area contributed by atoms with Gasteiger partial charge in [-0.1, -0.05) is 28.6 Å². The summed E-state index contributed by atoms with van der Waals surface area (Å²) in [5.41, 5.74) is 0.245. The number of nitrogens with zero attached hydrogens (tertiary/aromatic N) is 2. The summed E-state index contributed by atoms with van der Waals surface area (Å²) in [6.45, 7) is 0. The van der Waals surface area contributed by atoms with E-state index in [1.807, 2.05) is 0 Å². The molecule has 0 saturated heterocycles. The number of nitrogens with one attached hydrogen (secondary N) is 1. The first kappa shape index (κ1) is 16.7. The summed E-state index contributed by atoms with van der Waals surface area (Å²) < 4.78 is 37.1. The third kappa shape index (κ3) is 3.34. The molecule has 1 aromatic heterocycles. The lowest BCUT2D eigenvalue weighted by Crippen LogP contribution is -2.19. The Labute approximate surface area is 140 Å². The predicted octanol–water partition coefficient (Wildman–Crippen LogP) is 2.66. The second-order valence-corrected chi connectivity index (χ2v) is 8.49. The smallest absolute Gasteiger partial charge is 0.259 e. The molecule has 1 heterocycles. The van der Waals surface area contributed by atoms with E-state index in [0.29, 0.717) is 24.2 Å². The number of carbonyl (C=O) groups excluding carboxylic acids is 1. The van der Waals surface area contributed by atoms with E-state index in [1.54, 1.807) is 0 Å². The van der Waals surface area contributed by atoms with Crippen molar-refractivity contribution in [2.45, 2.75) is 29.0 Å². The average Bonchev–Trinajstić information content (AvgIpc) is 3.33. The van der Waals surface area contributed by atoms with Gasteiger partial charge in [-0.2, -0.15) is 4.39 Å². The van der Waals surface area contributed by atoms with Gasteiger partial charge in [-0.25, -0.2) is 13.4 Å². The summed E-state index contributed by atoms with van der Waals surface area (Å²) in [7, 11) is -3.34. The number of sulfone groups is 1. The van der Waals surface area contributed by atoms with Gasteiger partial charge >= 0.3 is 0 Å². The summed E-state index contributed by atoms with van der Waals surface area (Å²) in [5.74, 6) is -0.767. The van der Waals surface area contributed by atoms with Gasteiger partial charge in [0.1, 0.15) is 0 Å². The Morgan fingerprint density at radius 3 is 2.50 bits per heavy atom. The number of thiazole rings is 1. The van der Waals surface area contributed by atoms with Gasteiger partial charge in [-0.3, -0.25) is 10.1 Å². The Kier molecular flexibility index (Phi) is 4.41. The zero-order chi connectivity index (χ0) is 17.3. The number of carbonyl (C=O) groups is 1. The molecule has 24 heavy (non-hydrogen) atoms. The van der Waals surface area contributed by atoms with Crippen LogP contribution in [0.25, 0.3) is 0 Å². The Balaban J connectivity index is 1.78. The molecule has 1 aliphatic carbocycles. The van der Waals surface area contributed by atoms with E-state index in [1.165, 1.54) is 24.3 Å². The van der Waals surface area contributed by atoms with E-state index >= 15 is 0 Å². The van der Waals surface area contributed by atoms with Crippen molar-refractivity contribution in [1.29, 1.82) is 0 Å². The lowest BCUT2D eigenvalue weighted by atomic mass is 10.1. The minimum Gasteiger partial charge on any atom is -0.300 e. The molecule has 0 aliphatic heterocycles. The molecule has 7 nitrogen and oxygen atoms in total. The van der Waals surface area contributed by atoms with Crippen LogP contribution in [0.15, 0.2) is 40.5 Å². The number of hydrogen-bond donors (Lipinski definition) is 1. The van der Waals surface area contributed by atoms with Crippen molar-refractivity contribution in [3.63, 3.8) is 0 Å². The van der Waals surface area contributed by atoms with Crippen LogP contribution in [0.3, 0.4) is 0 Å². The fourth-order valence-electron chi connectivity index (χ4n) is 2.16. The minimum atomic E-state index is -3.34. The maximum absolute atomic E-state index is 12.9. The van der Waals surface area contributed by atoms with Crippen LogP contribution in [0.5, 0.6) is 0 Å². The Bertz CT molecular complexity index is 876. The van der Waals surface area contributed by atoms with Crippen LogP contribution in [-0.4, -0.2) is 24.6 Å². The normalized spacial score (nSPS) is 15.7. The van der Waals surface area contributed by atoms with E-state index < -0.39 is 26.9 Å². The summed E-state index contributed by atoms with van der Waals surface area (Å²) >= 11 is 0.622. The summed E-state index contributed by atoms with van der Waals surface area (Å²) in [6, 6.07) is 4.09. The van der Waals surface area contributed by atoms with Crippen molar-refractivity contribution in [2.75, 3.05) is 5.32 Å². The summed E-state index contributed by atoms with van der Waals surface area (Å²) in [4.78, 5) is 26.9. The van der Waals surface area contributed by atoms with Gasteiger partial charge in [0.05, 0.1) is 16.3 Å². The van der Waals surface area contributed by atoms with Crippen LogP contribution in [-0.2, 0) is 14.6 Å². The Hall–Kier alpha value is -2.20. The van der Waals surface area contributed by atoms with Crippen molar-refractivity contribution >= 4 is 32.2 Å². The van der Waals surface area contributed by atoms with Crippen LogP contribution in [0, 0.1) is 10.0 Å². The van der Waals surface area contributed by atoms with Crippen LogP contribution < -0.4 is 5.32 Å². The molecule has 1 fully saturated rings. The largest absolute Gasteiger partial charge is 0.300 e. The lowest BCUT2D eigenvalue weighted by Gasteiger charge is -2.10. The third-order valence-corrected chi connectivity index (χ3v) is 6.53. The van der Waals surface area contributed by atoms with Crippen LogP contribution in [0.1, 0.15) is 24.4 Å². The van der Waals surface area contributed by atoms with E-state index in [-0.39, 0.29) is 20.8 Å². The molecule has 2 aromatic rings. The van der Waals surface area contributed by atoms with Crippen LogP contribution in [0.4, 0.5) is 9.52 Å². The highest BCUT2D eigenvalue weighted by atomic mass is 32.2. The molecule has 1 N–H and O–H groups in total. The van der Waals surface area contributed by atoms with Gasteiger partial charge in [0.25, 0.3) is 5.91 Å². The van der Waals surface area contributed by atoms with Crippen LogP contribution in [0.2, 0.25) is 0 Å². The maximum atomic E-state index is 12.9. The monoisotopic (exact) mass is 369 g/mol. The number of nitroso groups, excluding NO2 is 1. The molecule has 1 saturated carbocycles. The van der Waals surface area contributed by atoms with Gasteiger partial charge in [-0.05, 0) is 30.5 Å². The zero-order valence-electron chi connectivity index (χ0n) is 12.2. The number of aromatic nitrogens is 1. The fourth-order valence-corrected chi connectivity index (χ4v) is 4.36. The first-order valence-corrected chi connectivity index (χ1v) is 9.36. The summed E-state index contributed by atoms with van der Waals surface area (Å²) in [5, 5.41) is 4.17. The molecule has 1 aliphatic rings. The second kappa shape index (κ2) is 6.36. The fraction of sp³-hybridized carbons (Fsp3) is 0.286. The van der Waals surface area contributed by atoms with Crippen molar-refractivity contribution in [3.05, 3.63) is 46.1 Å². The van der Waals surface area contributed by atoms with Gasteiger partial charge in [0.2, 0.25) is 0 Å². The molecule has 0 radical (unpaired) electrons. The molecular formula is C14H12FN3O4S2. The quantitative estimate of drug-likeness (QED) is 0.788. The van der Waals surface area contributed by atoms with E-state index in [2.05, 4.69) is 15.5 Å². The molecule has 1 amide bonds. The molecule has 0 spiro atoms. The molecule has 3 rings (SSSR count). The molecular weight excluding hydrogens is 357 g/mol. The first-order chi connectivity index (χ1) is 11.4. The maximum Gasteiger partial charge on any atom is 0.259 e. The Morgan fingerprint density at radius 1 is 1.33 bits per heavy atom. The van der Waals surface area contributed by atoms with Gasteiger partial charge in [0.15, 0.2) is 26.1 Å². The van der Waals surface area contributed by atoms with Crippen molar-refractivity contribution in [2.24, 2.45) is 5.18 Å². The number of anilines is 1. The van der Waals surface area contributed by atoms with Crippen molar-refractivity contribution in [1.82, 2.24) is 4.98 Å². The van der Waals surface area contributed by atoms with Crippen molar-refractivity contribution in [3.8, 4) is 0 Å². The van der Waals surface area contributed by atoms with E-state index in [0.717, 1.165) is 6.20 Å². The SMILES string of the molecule is O=NC(C(=O)Nc1ncc(F)s1)c1ccc(S(=O)(=O)C2CC2)cc1. The van der Waals surface area contributed by atoms with Crippen molar-refractivity contribution < 1.29 is 17.6 Å². The van der Waals surface area contributed by atoms with Gasteiger partial charge in [-0.15, -0.1) is 4.91 Å². The summed E-state index contributed by atoms with van der Waals surface area (Å²) in [6.07, 6.45) is 2.24. The number of benzene rings is 1. The number of amides is 1. The predicted molar refractivity (Wildman–Crippen MR) is 85.9 cm³/mol.